The Labute approximate surface area is 205 Å². The van der Waals surface area contributed by atoms with Crippen molar-refractivity contribution in [3.05, 3.63) is 82.9 Å². The topological polar surface area (TPSA) is 57.3 Å². The van der Waals surface area contributed by atoms with Crippen LogP contribution in [0.2, 0.25) is 0 Å². The highest BCUT2D eigenvalue weighted by Crippen LogP contribution is 2.31. The summed E-state index contributed by atoms with van der Waals surface area (Å²) in [5, 5.41) is 4.91. The van der Waals surface area contributed by atoms with Gasteiger partial charge in [0.2, 0.25) is 4.77 Å². The summed E-state index contributed by atoms with van der Waals surface area (Å²) in [6.45, 7) is 3.30. The molecule has 0 unspecified atom stereocenters. The monoisotopic (exact) mass is 475 g/mol. The molecule has 2 aromatic carbocycles. The van der Waals surface area contributed by atoms with E-state index in [1.807, 2.05) is 46.6 Å². The van der Waals surface area contributed by atoms with Crippen molar-refractivity contribution >= 4 is 12.2 Å². The van der Waals surface area contributed by atoms with Crippen LogP contribution >= 0.6 is 12.2 Å². The maximum atomic E-state index is 5.90. The summed E-state index contributed by atoms with van der Waals surface area (Å²) in [5.74, 6) is 2.23. The number of benzene rings is 2. The van der Waals surface area contributed by atoms with E-state index in [4.69, 9.17) is 26.8 Å². The quantitative estimate of drug-likeness (QED) is 0.313. The molecule has 4 aromatic rings. The van der Waals surface area contributed by atoms with Gasteiger partial charge in [-0.1, -0.05) is 31.2 Å². The second-order valence-electron chi connectivity index (χ2n) is 8.01. The Balaban J connectivity index is 1.69. The van der Waals surface area contributed by atoms with Crippen LogP contribution in [0.1, 0.15) is 18.1 Å². The normalized spacial score (nSPS) is 11.1. The molecule has 0 fully saturated rings. The molecule has 176 valence electrons. The number of methoxy groups -OCH3 is 2. The molecule has 0 amide bonds. The van der Waals surface area contributed by atoms with E-state index in [1.165, 1.54) is 5.56 Å². The summed E-state index contributed by atoms with van der Waals surface area (Å²) in [7, 11) is 5.33. The molecule has 0 spiro atoms. The summed E-state index contributed by atoms with van der Waals surface area (Å²) >= 11 is 5.90. The first-order chi connectivity index (χ1) is 16.5. The van der Waals surface area contributed by atoms with Gasteiger partial charge in [-0.15, -0.1) is 5.10 Å². The smallest absolute Gasteiger partial charge is 0.204 e. The number of pyridine rings is 1. The first kappa shape index (κ1) is 23.7. The summed E-state index contributed by atoms with van der Waals surface area (Å²) in [4.78, 5) is 6.29. The molecule has 0 saturated carbocycles. The van der Waals surface area contributed by atoms with Crippen LogP contribution in [0, 0.1) is 4.77 Å². The zero-order chi connectivity index (χ0) is 24.1. The maximum Gasteiger partial charge on any atom is 0.204 e. The molecule has 2 heterocycles. The predicted molar refractivity (Wildman–Crippen MR) is 136 cm³/mol. The van der Waals surface area contributed by atoms with Gasteiger partial charge in [0, 0.05) is 35.8 Å². The van der Waals surface area contributed by atoms with Crippen LogP contribution in [0.5, 0.6) is 11.5 Å². The summed E-state index contributed by atoms with van der Waals surface area (Å²) in [6, 6.07) is 18.2. The average molecular weight is 476 g/mol. The minimum Gasteiger partial charge on any atom is -0.493 e. The molecule has 0 atom stereocenters. The number of para-hydroxylation sites is 1. The molecule has 0 aliphatic rings. The fourth-order valence-corrected chi connectivity index (χ4v) is 4.24. The number of hydrogen-bond donors (Lipinski definition) is 0. The van der Waals surface area contributed by atoms with Crippen LogP contribution in [-0.4, -0.2) is 45.5 Å². The molecule has 0 N–H and O–H groups in total. The Morgan fingerprint density at radius 3 is 2.35 bits per heavy atom. The van der Waals surface area contributed by atoms with Gasteiger partial charge >= 0.3 is 0 Å². The van der Waals surface area contributed by atoms with Gasteiger partial charge in [-0.3, -0.25) is 14.5 Å². The Bertz CT molecular complexity index is 1300. The van der Waals surface area contributed by atoms with E-state index in [2.05, 4.69) is 41.1 Å². The third-order valence-corrected chi connectivity index (χ3v) is 6.07. The summed E-state index contributed by atoms with van der Waals surface area (Å²) in [6.07, 6.45) is 4.52. The van der Waals surface area contributed by atoms with E-state index in [0.29, 0.717) is 23.7 Å². The number of ether oxygens (including phenoxy) is 2. The SMILES string of the molecule is CCc1ccc(-n2c(-c3ccncc3)nn(CN(C)Cc3cccc(OC)c3OC)c2=S)cc1. The molecule has 0 aliphatic heterocycles. The minimum atomic E-state index is 0.511. The van der Waals surface area contributed by atoms with Crippen LogP contribution in [0.4, 0.5) is 0 Å². The second kappa shape index (κ2) is 10.6. The van der Waals surface area contributed by atoms with Crippen molar-refractivity contribution in [2.75, 3.05) is 21.3 Å². The van der Waals surface area contributed by atoms with Crippen LogP contribution in [-0.2, 0) is 19.6 Å². The zero-order valence-electron chi connectivity index (χ0n) is 19.9. The van der Waals surface area contributed by atoms with Crippen LogP contribution < -0.4 is 9.47 Å². The van der Waals surface area contributed by atoms with Gasteiger partial charge in [-0.05, 0) is 61.6 Å². The number of hydrogen-bond acceptors (Lipinski definition) is 6. The first-order valence-corrected chi connectivity index (χ1v) is 11.5. The average Bonchev–Trinajstić information content (AvgIpc) is 3.19. The van der Waals surface area contributed by atoms with Gasteiger partial charge < -0.3 is 9.47 Å². The lowest BCUT2D eigenvalue weighted by Crippen LogP contribution is -2.23. The minimum absolute atomic E-state index is 0.511. The number of rotatable bonds is 9. The molecule has 8 heteroatoms. The van der Waals surface area contributed by atoms with Crippen molar-refractivity contribution in [2.45, 2.75) is 26.6 Å². The first-order valence-electron chi connectivity index (χ1n) is 11.1. The molecule has 0 saturated heterocycles. The molecular weight excluding hydrogens is 446 g/mol. The maximum absolute atomic E-state index is 5.90. The predicted octanol–water partition coefficient (Wildman–Crippen LogP) is 5.13. The molecule has 0 bridgehead atoms. The molecule has 2 aromatic heterocycles. The van der Waals surface area contributed by atoms with Gasteiger partial charge in [0.25, 0.3) is 0 Å². The third kappa shape index (κ3) is 4.88. The van der Waals surface area contributed by atoms with Gasteiger partial charge in [-0.2, -0.15) is 0 Å². The van der Waals surface area contributed by atoms with E-state index in [9.17, 15) is 0 Å². The van der Waals surface area contributed by atoms with Crippen LogP contribution in [0.15, 0.2) is 67.0 Å². The van der Waals surface area contributed by atoms with Gasteiger partial charge in [0.05, 0.1) is 20.9 Å². The zero-order valence-corrected chi connectivity index (χ0v) is 20.7. The Kier molecular flexibility index (Phi) is 7.40. The van der Waals surface area contributed by atoms with Gasteiger partial charge in [0.15, 0.2) is 17.3 Å². The van der Waals surface area contributed by atoms with E-state index in [0.717, 1.165) is 34.8 Å². The van der Waals surface area contributed by atoms with Crippen LogP contribution in [0.3, 0.4) is 0 Å². The van der Waals surface area contributed by atoms with E-state index in [1.54, 1.807) is 26.6 Å². The van der Waals surface area contributed by atoms with Gasteiger partial charge in [0.1, 0.15) is 0 Å². The van der Waals surface area contributed by atoms with Crippen molar-refractivity contribution in [3.8, 4) is 28.6 Å². The van der Waals surface area contributed by atoms with Crippen LogP contribution in [0.25, 0.3) is 17.1 Å². The Morgan fingerprint density at radius 2 is 1.71 bits per heavy atom. The third-order valence-electron chi connectivity index (χ3n) is 5.68. The number of aryl methyl sites for hydroxylation is 1. The highest BCUT2D eigenvalue weighted by Gasteiger charge is 2.17. The van der Waals surface area contributed by atoms with Crippen molar-refractivity contribution < 1.29 is 9.47 Å². The Hall–Kier alpha value is -3.49. The Morgan fingerprint density at radius 1 is 0.971 bits per heavy atom. The fraction of sp³-hybridized carbons (Fsp3) is 0.269. The molecule has 0 aliphatic carbocycles. The highest BCUT2D eigenvalue weighted by molar-refractivity contribution is 7.71. The van der Waals surface area contributed by atoms with E-state index in [-0.39, 0.29) is 0 Å². The van der Waals surface area contributed by atoms with Crippen molar-refractivity contribution in [1.82, 2.24) is 24.2 Å². The standard InChI is InChI=1S/C26H29N5O2S/c1-5-19-9-11-22(12-10-19)31-25(20-13-15-27-16-14-20)28-30(26(31)34)18-29(2)17-21-7-6-8-23(32-3)24(21)33-4/h6-16H,5,17-18H2,1-4H3. The summed E-state index contributed by atoms with van der Waals surface area (Å²) in [5.41, 5.74) is 4.24. The lowest BCUT2D eigenvalue weighted by molar-refractivity contribution is 0.239. The molecule has 0 radical (unpaired) electrons. The summed E-state index contributed by atoms with van der Waals surface area (Å²) < 4.78 is 15.5. The van der Waals surface area contributed by atoms with Crippen molar-refractivity contribution in [3.63, 3.8) is 0 Å². The van der Waals surface area contributed by atoms with Crippen molar-refractivity contribution in [1.29, 1.82) is 0 Å². The number of aromatic nitrogens is 4. The fourth-order valence-electron chi connectivity index (χ4n) is 3.95. The lowest BCUT2D eigenvalue weighted by atomic mass is 10.1. The number of nitrogens with zero attached hydrogens (tertiary/aromatic N) is 5. The van der Waals surface area contributed by atoms with E-state index < -0.39 is 0 Å². The van der Waals surface area contributed by atoms with Crippen molar-refractivity contribution in [2.24, 2.45) is 0 Å². The second-order valence-corrected chi connectivity index (χ2v) is 8.37. The highest BCUT2D eigenvalue weighted by atomic mass is 32.1. The van der Waals surface area contributed by atoms with E-state index >= 15 is 0 Å². The van der Waals surface area contributed by atoms with Gasteiger partial charge in [-0.25, -0.2) is 4.68 Å². The largest absolute Gasteiger partial charge is 0.493 e. The lowest BCUT2D eigenvalue weighted by Gasteiger charge is -2.19. The molecule has 34 heavy (non-hydrogen) atoms. The molecule has 7 nitrogen and oxygen atoms in total. The molecular formula is C26H29N5O2S. The molecule has 4 rings (SSSR count).